The van der Waals surface area contributed by atoms with Gasteiger partial charge in [0.15, 0.2) is 0 Å². The number of nitrogens with one attached hydrogen (secondary N) is 1. The van der Waals surface area contributed by atoms with Gasteiger partial charge in [0.05, 0.1) is 6.54 Å². The van der Waals surface area contributed by atoms with Crippen molar-refractivity contribution in [3.05, 3.63) is 81.9 Å². The molecule has 2 rings (SSSR count). The first-order chi connectivity index (χ1) is 14.0. The third kappa shape index (κ3) is 6.78. The molecule has 1 atom stereocenters. The first-order valence-corrected chi connectivity index (χ1v) is 9.24. The fraction of sp³-hybridized carbons (Fsp3) is 0.273. The number of rotatable bonds is 10. The van der Waals surface area contributed by atoms with Crippen LogP contribution in [0.15, 0.2) is 60.7 Å². The smallest absolute Gasteiger partial charge is 0.247 e. The maximum Gasteiger partial charge on any atom is 0.247 e. The summed E-state index contributed by atoms with van der Waals surface area (Å²) in [6.45, 7) is -0.0795. The van der Waals surface area contributed by atoms with Crippen LogP contribution in [0.1, 0.15) is 30.0 Å². The summed E-state index contributed by atoms with van der Waals surface area (Å²) in [4.78, 5) is 37.1. The van der Waals surface area contributed by atoms with Crippen LogP contribution < -0.4 is 5.32 Å². The monoisotopic (exact) mass is 393 g/mol. The number of carbonyl (C=O) groups is 2. The van der Waals surface area contributed by atoms with Gasteiger partial charge in [-0.1, -0.05) is 66.6 Å². The molecule has 1 N–H and O–H groups in total. The number of hydrogen-bond acceptors (Lipinski definition) is 4. The average Bonchev–Trinajstić information content (AvgIpc) is 2.73. The van der Waals surface area contributed by atoms with Crippen LogP contribution in [0.25, 0.3) is 0 Å². The van der Waals surface area contributed by atoms with E-state index in [2.05, 4.69) is 11.2 Å². The Morgan fingerprint density at radius 2 is 1.72 bits per heavy atom. The van der Waals surface area contributed by atoms with Crippen molar-refractivity contribution in [1.29, 1.82) is 0 Å². The van der Waals surface area contributed by atoms with Crippen LogP contribution >= 0.6 is 0 Å². The fourth-order valence-electron chi connectivity index (χ4n) is 2.91. The molecule has 2 aromatic carbocycles. The molecule has 0 radical (unpaired) electrons. The van der Waals surface area contributed by atoms with Gasteiger partial charge in [0.2, 0.25) is 18.4 Å². The lowest BCUT2D eigenvalue weighted by atomic mass is 10.0. The Morgan fingerprint density at radius 3 is 2.31 bits per heavy atom. The maximum absolute atomic E-state index is 13.0. The highest BCUT2D eigenvalue weighted by Gasteiger charge is 2.30. The number of hydrogen-bond donors (Lipinski definition) is 1. The van der Waals surface area contributed by atoms with Gasteiger partial charge in [0, 0.05) is 24.3 Å². The highest BCUT2D eigenvalue weighted by atomic mass is 16.6. The van der Waals surface area contributed by atoms with Crippen molar-refractivity contribution in [2.45, 2.75) is 25.4 Å². The normalized spacial score (nSPS) is 11.1. The Labute approximate surface area is 169 Å². The minimum absolute atomic E-state index is 0.0576. The molecular formula is C22H23N3O4. The molecular weight excluding hydrogens is 370 g/mol. The quantitative estimate of drug-likeness (QED) is 0.381. The van der Waals surface area contributed by atoms with E-state index in [1.54, 1.807) is 24.3 Å². The Hall–Kier alpha value is -3.66. The van der Waals surface area contributed by atoms with Gasteiger partial charge in [-0.3, -0.25) is 19.7 Å². The van der Waals surface area contributed by atoms with Crippen LogP contribution in [0, 0.1) is 22.5 Å². The lowest BCUT2D eigenvalue weighted by Gasteiger charge is -2.30. The second-order valence-corrected chi connectivity index (χ2v) is 6.40. The number of nitrogens with zero attached hydrogens (tertiary/aromatic N) is 2. The summed E-state index contributed by atoms with van der Waals surface area (Å²) >= 11 is 0. The minimum Gasteiger partial charge on any atom is -0.350 e. The summed E-state index contributed by atoms with van der Waals surface area (Å²) < 4.78 is 0. The first kappa shape index (κ1) is 21.6. The molecule has 0 aliphatic carbocycles. The molecule has 2 aromatic rings. The molecule has 7 heteroatoms. The van der Waals surface area contributed by atoms with Crippen LogP contribution in [0.3, 0.4) is 0 Å². The SMILES string of the molecule is C#CCN(C(=O)CCC[N+](=O)[O-])C(C(=O)NCc1ccccc1)c1ccccc1. The van der Waals surface area contributed by atoms with Crippen molar-refractivity contribution in [3.8, 4) is 12.3 Å². The molecule has 0 saturated carbocycles. The van der Waals surface area contributed by atoms with E-state index in [9.17, 15) is 19.7 Å². The zero-order valence-electron chi connectivity index (χ0n) is 16.0. The summed E-state index contributed by atoms with van der Waals surface area (Å²) in [7, 11) is 0. The lowest BCUT2D eigenvalue weighted by Crippen LogP contribution is -2.43. The minimum atomic E-state index is -0.918. The van der Waals surface area contributed by atoms with Gasteiger partial charge in [0.1, 0.15) is 6.04 Å². The topological polar surface area (TPSA) is 92.6 Å². The average molecular weight is 393 g/mol. The van der Waals surface area contributed by atoms with Crippen LogP contribution in [-0.2, 0) is 16.1 Å². The van der Waals surface area contributed by atoms with E-state index in [4.69, 9.17) is 6.42 Å². The molecule has 0 aromatic heterocycles. The Bertz CT molecular complexity index is 863. The van der Waals surface area contributed by atoms with E-state index >= 15 is 0 Å². The van der Waals surface area contributed by atoms with Crippen LogP contribution in [-0.4, -0.2) is 34.7 Å². The van der Waals surface area contributed by atoms with Gasteiger partial charge >= 0.3 is 0 Å². The molecule has 2 amide bonds. The van der Waals surface area contributed by atoms with Crippen molar-refractivity contribution in [2.24, 2.45) is 0 Å². The summed E-state index contributed by atoms with van der Waals surface area (Å²) in [6.07, 6.45) is 5.47. The molecule has 150 valence electrons. The molecule has 0 aliphatic heterocycles. The molecule has 0 saturated heterocycles. The van der Waals surface area contributed by atoms with Gasteiger partial charge in [0.25, 0.3) is 0 Å². The largest absolute Gasteiger partial charge is 0.350 e. The van der Waals surface area contributed by atoms with Crippen molar-refractivity contribution in [1.82, 2.24) is 10.2 Å². The fourth-order valence-corrected chi connectivity index (χ4v) is 2.91. The van der Waals surface area contributed by atoms with E-state index in [1.807, 2.05) is 36.4 Å². The number of terminal acetylenes is 1. The molecule has 7 nitrogen and oxygen atoms in total. The van der Waals surface area contributed by atoms with Crippen LogP contribution in [0.2, 0.25) is 0 Å². The van der Waals surface area contributed by atoms with E-state index in [1.165, 1.54) is 4.90 Å². The third-order valence-corrected chi connectivity index (χ3v) is 4.30. The second-order valence-electron chi connectivity index (χ2n) is 6.40. The van der Waals surface area contributed by atoms with Crippen LogP contribution in [0.5, 0.6) is 0 Å². The molecule has 0 aliphatic rings. The predicted octanol–water partition coefficient (Wildman–Crippen LogP) is 2.56. The van der Waals surface area contributed by atoms with Crippen molar-refractivity contribution in [2.75, 3.05) is 13.1 Å². The van der Waals surface area contributed by atoms with Gasteiger partial charge in [-0.05, 0) is 11.1 Å². The van der Waals surface area contributed by atoms with Gasteiger partial charge < -0.3 is 10.2 Å². The summed E-state index contributed by atoms with van der Waals surface area (Å²) in [5.74, 6) is 1.66. The van der Waals surface area contributed by atoms with Crippen molar-refractivity contribution < 1.29 is 14.5 Å². The molecule has 0 heterocycles. The number of benzene rings is 2. The van der Waals surface area contributed by atoms with E-state index in [-0.39, 0.29) is 31.8 Å². The van der Waals surface area contributed by atoms with E-state index < -0.39 is 16.9 Å². The predicted molar refractivity (Wildman–Crippen MR) is 109 cm³/mol. The lowest BCUT2D eigenvalue weighted by molar-refractivity contribution is -0.480. The van der Waals surface area contributed by atoms with Crippen LogP contribution in [0.4, 0.5) is 0 Å². The standard InChI is InChI=1S/C22H23N3O4/c1-2-15-24(20(26)14-9-16-25(28)29)21(19-12-7-4-8-13-19)22(27)23-17-18-10-5-3-6-11-18/h1,3-8,10-13,21H,9,14-17H2,(H,23,27). The Kier molecular flexibility index (Phi) is 8.39. The van der Waals surface area contributed by atoms with Gasteiger partial charge in [-0.15, -0.1) is 6.42 Å². The van der Waals surface area contributed by atoms with Crippen molar-refractivity contribution in [3.63, 3.8) is 0 Å². The number of amides is 2. The van der Waals surface area contributed by atoms with Crippen molar-refractivity contribution >= 4 is 11.8 Å². The second kappa shape index (κ2) is 11.2. The highest BCUT2D eigenvalue weighted by molar-refractivity contribution is 5.89. The first-order valence-electron chi connectivity index (χ1n) is 9.24. The number of nitro groups is 1. The Balaban J connectivity index is 2.21. The zero-order valence-corrected chi connectivity index (χ0v) is 16.0. The number of carbonyl (C=O) groups excluding carboxylic acids is 2. The molecule has 0 spiro atoms. The maximum atomic E-state index is 13.0. The molecule has 0 fully saturated rings. The Morgan fingerprint density at radius 1 is 1.10 bits per heavy atom. The third-order valence-electron chi connectivity index (χ3n) is 4.30. The summed E-state index contributed by atoms with van der Waals surface area (Å²) in [5, 5.41) is 13.4. The zero-order chi connectivity index (χ0) is 21.1. The summed E-state index contributed by atoms with van der Waals surface area (Å²) in [6, 6.07) is 17.4. The highest BCUT2D eigenvalue weighted by Crippen LogP contribution is 2.22. The molecule has 1 unspecified atom stereocenters. The summed E-state index contributed by atoms with van der Waals surface area (Å²) in [5.41, 5.74) is 1.55. The van der Waals surface area contributed by atoms with Gasteiger partial charge in [-0.2, -0.15) is 0 Å². The molecule has 29 heavy (non-hydrogen) atoms. The van der Waals surface area contributed by atoms with E-state index in [0.29, 0.717) is 12.1 Å². The van der Waals surface area contributed by atoms with Gasteiger partial charge in [-0.25, -0.2) is 0 Å². The van der Waals surface area contributed by atoms with E-state index in [0.717, 1.165) is 5.56 Å². The molecule has 0 bridgehead atoms.